The van der Waals surface area contributed by atoms with Crippen LogP contribution < -0.4 is 11.0 Å². The maximum atomic E-state index is 9.24. The van der Waals surface area contributed by atoms with E-state index in [0.29, 0.717) is 24.8 Å². The molecule has 0 amide bonds. The van der Waals surface area contributed by atoms with Gasteiger partial charge in [0.25, 0.3) is 0 Å². The van der Waals surface area contributed by atoms with Crippen molar-refractivity contribution in [3.63, 3.8) is 0 Å². The minimum absolute atomic E-state index is 0.369. The minimum Gasteiger partial charge on any atom is -0.290 e. The predicted molar refractivity (Wildman–Crippen MR) is 95.0 cm³/mol. The van der Waals surface area contributed by atoms with Crippen LogP contribution >= 0.6 is 0 Å². The average Bonchev–Trinajstić information content (AvgIpc) is 2.60. The van der Waals surface area contributed by atoms with Gasteiger partial charge in [0, 0.05) is 11.1 Å². The van der Waals surface area contributed by atoms with Crippen molar-refractivity contribution < 1.29 is 10.4 Å². The molecule has 0 aliphatic heterocycles. The maximum Gasteiger partial charge on any atom is 0.152 e. The molecular weight excluding hydrogens is 304 g/mol. The molecule has 0 bridgehead atoms. The van der Waals surface area contributed by atoms with Crippen LogP contribution in [0.5, 0.6) is 0 Å². The lowest BCUT2D eigenvalue weighted by Crippen LogP contribution is -2.22. The molecule has 0 aromatic heterocycles. The highest BCUT2D eigenvalue weighted by Gasteiger charge is 2.03. The first-order valence-corrected chi connectivity index (χ1v) is 7.67. The van der Waals surface area contributed by atoms with Crippen LogP contribution in [-0.2, 0) is 0 Å². The summed E-state index contributed by atoms with van der Waals surface area (Å²) in [6.07, 6.45) is 0. The summed E-state index contributed by atoms with van der Waals surface area (Å²) < 4.78 is 0. The zero-order valence-corrected chi connectivity index (χ0v) is 13.8. The standard InChI is InChI=1S/C18H22N4O2/c1-13-3-7-15(8-4-13)17(21-23)19-11-12-20-18(22-24)16-9-5-14(2)6-10-16/h3-10,23-24H,11-12H2,1-2H3,(H,19,21)(H,20,22). The molecule has 0 atom stereocenters. The van der Waals surface area contributed by atoms with Gasteiger partial charge >= 0.3 is 0 Å². The third-order valence-corrected chi connectivity index (χ3v) is 3.50. The largest absolute Gasteiger partial charge is 0.290 e. The maximum absolute atomic E-state index is 9.24. The van der Waals surface area contributed by atoms with Crippen LogP contribution in [0.4, 0.5) is 0 Å². The summed E-state index contributed by atoms with van der Waals surface area (Å²) in [4.78, 5) is 8.59. The smallest absolute Gasteiger partial charge is 0.152 e. The monoisotopic (exact) mass is 326 g/mol. The van der Waals surface area contributed by atoms with E-state index in [-0.39, 0.29) is 0 Å². The van der Waals surface area contributed by atoms with Gasteiger partial charge in [-0.3, -0.25) is 31.4 Å². The number of amidine groups is 2. The molecule has 0 aliphatic rings. The number of aryl methyl sites for hydroxylation is 2. The summed E-state index contributed by atoms with van der Waals surface area (Å²) in [5, 5.41) is 18.5. The van der Waals surface area contributed by atoms with Crippen LogP contribution in [0.2, 0.25) is 0 Å². The van der Waals surface area contributed by atoms with Gasteiger partial charge in [0.1, 0.15) is 0 Å². The molecule has 126 valence electrons. The normalized spacial score (nSPS) is 12.2. The minimum atomic E-state index is 0.369. The molecule has 6 nitrogen and oxygen atoms in total. The number of hydroxylamine groups is 2. The van der Waals surface area contributed by atoms with Crippen LogP contribution in [-0.4, -0.2) is 35.2 Å². The second-order valence-electron chi connectivity index (χ2n) is 5.42. The molecule has 4 N–H and O–H groups in total. The van der Waals surface area contributed by atoms with Gasteiger partial charge in [0.2, 0.25) is 0 Å². The molecule has 0 aliphatic carbocycles. The van der Waals surface area contributed by atoms with E-state index in [0.717, 1.165) is 22.3 Å². The van der Waals surface area contributed by atoms with Gasteiger partial charge in [-0.15, -0.1) is 0 Å². The van der Waals surface area contributed by atoms with E-state index in [4.69, 9.17) is 0 Å². The molecule has 0 saturated heterocycles. The summed E-state index contributed by atoms with van der Waals surface area (Å²) in [6.45, 7) is 4.73. The fraction of sp³-hybridized carbons (Fsp3) is 0.222. The van der Waals surface area contributed by atoms with Gasteiger partial charge in [0.15, 0.2) is 11.7 Å². The van der Waals surface area contributed by atoms with Crippen molar-refractivity contribution in [2.75, 3.05) is 13.1 Å². The summed E-state index contributed by atoms with van der Waals surface area (Å²) in [5.41, 5.74) is 8.10. The number of nitrogens with zero attached hydrogens (tertiary/aromatic N) is 2. The fourth-order valence-corrected chi connectivity index (χ4v) is 2.13. The van der Waals surface area contributed by atoms with Crippen LogP contribution in [0, 0.1) is 13.8 Å². The van der Waals surface area contributed by atoms with Crippen molar-refractivity contribution in [2.45, 2.75) is 13.8 Å². The van der Waals surface area contributed by atoms with Gasteiger partial charge in [0.05, 0.1) is 13.1 Å². The number of hydrogen-bond acceptors (Lipinski definition) is 4. The highest BCUT2D eigenvalue weighted by atomic mass is 16.5. The third-order valence-electron chi connectivity index (χ3n) is 3.50. The molecule has 2 aromatic rings. The number of hydrogen-bond donors (Lipinski definition) is 4. The summed E-state index contributed by atoms with van der Waals surface area (Å²) >= 11 is 0. The number of rotatable bonds is 5. The first-order valence-electron chi connectivity index (χ1n) is 7.67. The molecule has 0 radical (unpaired) electrons. The highest BCUT2D eigenvalue weighted by Crippen LogP contribution is 2.05. The third kappa shape index (κ3) is 4.91. The second kappa shape index (κ2) is 8.81. The quantitative estimate of drug-likeness (QED) is 0.294. The summed E-state index contributed by atoms with van der Waals surface area (Å²) in [6, 6.07) is 15.3. The molecular formula is C18H22N4O2. The Labute approximate surface area is 141 Å². The van der Waals surface area contributed by atoms with Gasteiger partial charge in [-0.25, -0.2) is 0 Å². The predicted octanol–water partition coefficient (Wildman–Crippen LogP) is 2.45. The topological polar surface area (TPSA) is 89.2 Å². The molecule has 0 spiro atoms. The molecule has 24 heavy (non-hydrogen) atoms. The van der Waals surface area contributed by atoms with Crippen molar-refractivity contribution in [3.05, 3.63) is 70.8 Å². The lowest BCUT2D eigenvalue weighted by Gasteiger charge is -2.06. The van der Waals surface area contributed by atoms with Crippen molar-refractivity contribution in [1.82, 2.24) is 11.0 Å². The summed E-state index contributed by atoms with van der Waals surface area (Å²) in [7, 11) is 0. The molecule has 0 saturated carbocycles. The van der Waals surface area contributed by atoms with Crippen LogP contribution in [0.3, 0.4) is 0 Å². The first kappa shape index (κ1) is 17.7. The van der Waals surface area contributed by atoms with Crippen LogP contribution in [0.1, 0.15) is 22.3 Å². The van der Waals surface area contributed by atoms with Crippen molar-refractivity contribution >= 4 is 11.7 Å². The summed E-state index contributed by atoms with van der Waals surface area (Å²) in [5.74, 6) is 0.776. The highest BCUT2D eigenvalue weighted by molar-refractivity contribution is 5.98. The Morgan fingerprint density at radius 1 is 0.708 bits per heavy atom. The van der Waals surface area contributed by atoms with Crippen molar-refractivity contribution in [1.29, 1.82) is 0 Å². The SMILES string of the molecule is Cc1ccc(C(=NCCN=C(NO)c2ccc(C)cc2)NO)cc1. The van der Waals surface area contributed by atoms with Gasteiger partial charge in [-0.2, -0.15) is 0 Å². The lowest BCUT2D eigenvalue weighted by molar-refractivity contribution is 0.234. The van der Waals surface area contributed by atoms with E-state index < -0.39 is 0 Å². The van der Waals surface area contributed by atoms with E-state index in [1.807, 2.05) is 62.4 Å². The van der Waals surface area contributed by atoms with Gasteiger partial charge in [-0.1, -0.05) is 59.7 Å². The number of nitrogens with one attached hydrogen (secondary N) is 2. The molecule has 6 heteroatoms. The Balaban J connectivity index is 2.02. The van der Waals surface area contributed by atoms with Gasteiger partial charge < -0.3 is 0 Å². The number of benzene rings is 2. The Bertz CT molecular complexity index is 643. The van der Waals surface area contributed by atoms with Gasteiger partial charge in [-0.05, 0) is 13.8 Å². The average molecular weight is 326 g/mol. The molecule has 0 heterocycles. The second-order valence-corrected chi connectivity index (χ2v) is 5.42. The molecule has 2 rings (SSSR count). The van der Waals surface area contributed by atoms with Crippen molar-refractivity contribution in [2.24, 2.45) is 9.98 Å². The van der Waals surface area contributed by atoms with Crippen LogP contribution in [0.25, 0.3) is 0 Å². The lowest BCUT2D eigenvalue weighted by atomic mass is 10.1. The van der Waals surface area contributed by atoms with E-state index >= 15 is 0 Å². The van der Waals surface area contributed by atoms with E-state index in [1.54, 1.807) is 0 Å². The Hall–Kier alpha value is -2.70. The zero-order chi connectivity index (χ0) is 17.4. The fourth-order valence-electron chi connectivity index (χ4n) is 2.13. The van der Waals surface area contributed by atoms with Crippen LogP contribution in [0.15, 0.2) is 58.5 Å². The molecule has 0 unspecified atom stereocenters. The molecule has 2 aromatic carbocycles. The Morgan fingerprint density at radius 2 is 1.04 bits per heavy atom. The Kier molecular flexibility index (Phi) is 6.48. The first-order chi connectivity index (χ1) is 11.6. The van der Waals surface area contributed by atoms with E-state index in [1.165, 1.54) is 0 Å². The van der Waals surface area contributed by atoms with E-state index in [9.17, 15) is 10.4 Å². The van der Waals surface area contributed by atoms with Crippen molar-refractivity contribution in [3.8, 4) is 0 Å². The Morgan fingerprint density at radius 3 is 1.33 bits per heavy atom. The van der Waals surface area contributed by atoms with E-state index in [2.05, 4.69) is 20.9 Å². The number of aliphatic imine (C=N–C) groups is 2. The zero-order valence-electron chi connectivity index (χ0n) is 13.8. The molecule has 0 fully saturated rings.